The van der Waals surface area contributed by atoms with Gasteiger partial charge in [-0.1, -0.05) is 11.6 Å². The normalized spacial score (nSPS) is 10.6. The van der Waals surface area contributed by atoms with Crippen LogP contribution in [0.2, 0.25) is 5.02 Å². The Kier molecular flexibility index (Phi) is 6.59. The Morgan fingerprint density at radius 2 is 2.16 bits per heavy atom. The number of hydrogen-bond acceptors (Lipinski definition) is 3. The van der Waals surface area contributed by atoms with Crippen LogP contribution in [0.25, 0.3) is 0 Å². The maximum absolute atomic E-state index is 12.9. The zero-order chi connectivity index (χ0) is 14.3. The minimum Gasteiger partial charge on any atom is -0.376 e. The lowest BCUT2D eigenvalue weighted by Gasteiger charge is -2.10. The van der Waals surface area contributed by atoms with Crippen molar-refractivity contribution in [2.24, 2.45) is 0 Å². The van der Waals surface area contributed by atoms with Crippen molar-refractivity contribution in [1.29, 1.82) is 0 Å². The molecule has 1 aromatic carbocycles. The highest BCUT2D eigenvalue weighted by atomic mass is 35.5. The molecule has 0 spiro atoms. The molecule has 0 unspecified atom stereocenters. The van der Waals surface area contributed by atoms with Crippen molar-refractivity contribution in [3.63, 3.8) is 0 Å². The van der Waals surface area contributed by atoms with Crippen molar-refractivity contribution < 1.29 is 9.18 Å². The van der Waals surface area contributed by atoms with E-state index >= 15 is 0 Å². The maximum Gasteiger partial charge on any atom is 0.239 e. The Morgan fingerprint density at radius 3 is 2.79 bits per heavy atom. The second-order valence-electron chi connectivity index (χ2n) is 4.49. The number of rotatable bonds is 7. The first kappa shape index (κ1) is 15.7. The number of nitrogens with one attached hydrogen (secondary N) is 2. The fraction of sp³-hybridized carbons (Fsp3) is 0.462. The van der Waals surface area contributed by atoms with Crippen LogP contribution in [0, 0.1) is 5.82 Å². The molecule has 0 radical (unpaired) electrons. The summed E-state index contributed by atoms with van der Waals surface area (Å²) in [5.74, 6) is -0.570. The van der Waals surface area contributed by atoms with E-state index < -0.39 is 5.82 Å². The number of carbonyl (C=O) groups is 1. The third-order valence-corrected chi connectivity index (χ3v) is 2.77. The summed E-state index contributed by atoms with van der Waals surface area (Å²) in [6.45, 7) is 1.72. The van der Waals surface area contributed by atoms with Crippen molar-refractivity contribution in [3.8, 4) is 0 Å². The second kappa shape index (κ2) is 7.96. The summed E-state index contributed by atoms with van der Waals surface area (Å²) in [7, 11) is 3.98. The van der Waals surface area contributed by atoms with E-state index in [1.165, 1.54) is 12.1 Å². The Labute approximate surface area is 117 Å². The monoisotopic (exact) mass is 287 g/mol. The molecule has 6 heteroatoms. The lowest BCUT2D eigenvalue weighted by atomic mass is 10.3. The summed E-state index contributed by atoms with van der Waals surface area (Å²) < 4.78 is 12.9. The summed E-state index contributed by atoms with van der Waals surface area (Å²) in [5, 5.41) is 5.73. The molecule has 19 heavy (non-hydrogen) atoms. The van der Waals surface area contributed by atoms with Crippen LogP contribution in [-0.4, -0.2) is 44.5 Å². The van der Waals surface area contributed by atoms with Gasteiger partial charge in [0.1, 0.15) is 5.82 Å². The van der Waals surface area contributed by atoms with E-state index in [0.29, 0.717) is 12.2 Å². The van der Waals surface area contributed by atoms with Crippen LogP contribution in [-0.2, 0) is 4.79 Å². The Bertz CT molecular complexity index is 426. The van der Waals surface area contributed by atoms with Crippen LogP contribution >= 0.6 is 11.6 Å². The average molecular weight is 288 g/mol. The van der Waals surface area contributed by atoms with Gasteiger partial charge in [0.15, 0.2) is 0 Å². The van der Waals surface area contributed by atoms with Crippen molar-refractivity contribution in [2.45, 2.75) is 6.42 Å². The Balaban J connectivity index is 2.24. The standard InChI is InChI=1S/C13H19ClFN3O/c1-18(2)7-3-6-16-13(19)9-17-10-4-5-12(15)11(14)8-10/h4-5,8,17H,3,6-7,9H2,1-2H3,(H,16,19). The highest BCUT2D eigenvalue weighted by Gasteiger charge is 2.03. The minimum atomic E-state index is -0.472. The van der Waals surface area contributed by atoms with E-state index in [1.54, 1.807) is 6.07 Å². The van der Waals surface area contributed by atoms with Gasteiger partial charge in [0.05, 0.1) is 11.6 Å². The number of carbonyl (C=O) groups excluding carboxylic acids is 1. The van der Waals surface area contributed by atoms with E-state index in [0.717, 1.165) is 13.0 Å². The molecule has 1 rings (SSSR count). The molecule has 1 aromatic rings. The number of hydrogen-bond donors (Lipinski definition) is 2. The van der Waals surface area contributed by atoms with Crippen LogP contribution in [0.4, 0.5) is 10.1 Å². The van der Waals surface area contributed by atoms with Crippen LogP contribution in [0.5, 0.6) is 0 Å². The number of anilines is 1. The molecule has 1 amide bonds. The summed E-state index contributed by atoms with van der Waals surface area (Å²) >= 11 is 5.64. The number of halogens is 2. The zero-order valence-electron chi connectivity index (χ0n) is 11.2. The van der Waals surface area contributed by atoms with Gasteiger partial charge in [-0.05, 0) is 45.3 Å². The van der Waals surface area contributed by atoms with E-state index in [4.69, 9.17) is 11.6 Å². The highest BCUT2D eigenvalue weighted by molar-refractivity contribution is 6.31. The molecule has 0 saturated carbocycles. The van der Waals surface area contributed by atoms with E-state index in [1.807, 2.05) is 14.1 Å². The van der Waals surface area contributed by atoms with Gasteiger partial charge in [0.25, 0.3) is 0 Å². The van der Waals surface area contributed by atoms with Gasteiger partial charge in [-0.3, -0.25) is 4.79 Å². The number of nitrogens with zero attached hydrogens (tertiary/aromatic N) is 1. The molecule has 0 aliphatic carbocycles. The number of benzene rings is 1. The van der Waals surface area contributed by atoms with Gasteiger partial charge in [-0.15, -0.1) is 0 Å². The molecule has 0 aromatic heterocycles. The summed E-state index contributed by atoms with van der Waals surface area (Å²) in [6.07, 6.45) is 0.904. The first-order valence-corrected chi connectivity index (χ1v) is 6.47. The summed E-state index contributed by atoms with van der Waals surface area (Å²) in [5.41, 5.74) is 0.620. The van der Waals surface area contributed by atoms with E-state index in [-0.39, 0.29) is 17.5 Å². The van der Waals surface area contributed by atoms with Crippen molar-refractivity contribution in [1.82, 2.24) is 10.2 Å². The summed E-state index contributed by atoms with van der Waals surface area (Å²) in [6, 6.07) is 4.26. The maximum atomic E-state index is 12.9. The summed E-state index contributed by atoms with van der Waals surface area (Å²) in [4.78, 5) is 13.6. The zero-order valence-corrected chi connectivity index (χ0v) is 11.9. The number of amides is 1. The largest absolute Gasteiger partial charge is 0.376 e. The van der Waals surface area contributed by atoms with Crippen LogP contribution in [0.1, 0.15) is 6.42 Å². The predicted octanol–water partition coefficient (Wildman–Crippen LogP) is 1.96. The molecule has 0 atom stereocenters. The van der Waals surface area contributed by atoms with E-state index in [2.05, 4.69) is 15.5 Å². The molecule has 106 valence electrons. The molecular weight excluding hydrogens is 269 g/mol. The van der Waals surface area contributed by atoms with Crippen molar-refractivity contribution in [3.05, 3.63) is 29.0 Å². The molecular formula is C13H19ClFN3O. The Hall–Kier alpha value is -1.33. The minimum absolute atomic E-state index is 0.0383. The second-order valence-corrected chi connectivity index (χ2v) is 4.90. The third-order valence-electron chi connectivity index (χ3n) is 2.48. The van der Waals surface area contributed by atoms with Crippen LogP contribution < -0.4 is 10.6 Å². The smallest absolute Gasteiger partial charge is 0.239 e. The van der Waals surface area contributed by atoms with Crippen LogP contribution in [0.15, 0.2) is 18.2 Å². The van der Waals surface area contributed by atoms with Gasteiger partial charge in [0, 0.05) is 12.2 Å². The van der Waals surface area contributed by atoms with E-state index in [9.17, 15) is 9.18 Å². The van der Waals surface area contributed by atoms with Gasteiger partial charge in [-0.25, -0.2) is 4.39 Å². The topological polar surface area (TPSA) is 44.4 Å². The van der Waals surface area contributed by atoms with Crippen molar-refractivity contribution in [2.75, 3.05) is 39.0 Å². The molecule has 0 aliphatic heterocycles. The highest BCUT2D eigenvalue weighted by Crippen LogP contribution is 2.18. The molecule has 0 bridgehead atoms. The lowest BCUT2D eigenvalue weighted by Crippen LogP contribution is -2.31. The molecule has 0 aliphatic rings. The van der Waals surface area contributed by atoms with Crippen molar-refractivity contribution >= 4 is 23.2 Å². The first-order valence-electron chi connectivity index (χ1n) is 6.09. The average Bonchev–Trinajstić information content (AvgIpc) is 2.36. The van der Waals surface area contributed by atoms with Gasteiger partial charge >= 0.3 is 0 Å². The molecule has 0 fully saturated rings. The predicted molar refractivity (Wildman–Crippen MR) is 76.1 cm³/mol. The first-order chi connectivity index (χ1) is 8.99. The SMILES string of the molecule is CN(C)CCCNC(=O)CNc1ccc(F)c(Cl)c1. The van der Waals surface area contributed by atoms with Gasteiger partial charge in [-0.2, -0.15) is 0 Å². The molecule has 4 nitrogen and oxygen atoms in total. The molecule has 0 saturated heterocycles. The fourth-order valence-electron chi connectivity index (χ4n) is 1.47. The lowest BCUT2D eigenvalue weighted by molar-refractivity contribution is -0.119. The molecule has 2 N–H and O–H groups in total. The molecule has 0 heterocycles. The van der Waals surface area contributed by atoms with Gasteiger partial charge in [0.2, 0.25) is 5.91 Å². The van der Waals surface area contributed by atoms with Gasteiger partial charge < -0.3 is 15.5 Å². The third kappa shape index (κ3) is 6.40. The van der Waals surface area contributed by atoms with Crippen LogP contribution in [0.3, 0.4) is 0 Å². The quantitative estimate of drug-likeness (QED) is 0.754. The fourth-order valence-corrected chi connectivity index (χ4v) is 1.65. The Morgan fingerprint density at radius 1 is 1.42 bits per heavy atom.